The third-order valence-electron chi connectivity index (χ3n) is 3.69. The highest BCUT2D eigenvalue weighted by molar-refractivity contribution is 7.92. The van der Waals surface area contributed by atoms with Gasteiger partial charge in [0.2, 0.25) is 10.0 Å². The zero-order valence-electron chi connectivity index (χ0n) is 13.3. The largest absolute Gasteiger partial charge is 0.233 e. The van der Waals surface area contributed by atoms with E-state index in [1.165, 1.54) is 21.1 Å². The molecular weight excluding hydrogens is 338 g/mol. The van der Waals surface area contributed by atoms with Crippen LogP contribution in [0.1, 0.15) is 18.1 Å². The van der Waals surface area contributed by atoms with Gasteiger partial charge in [0.15, 0.2) is 0 Å². The molecule has 124 valence electrons. The molecule has 0 aliphatic rings. The number of fused-ring (bicyclic) bond motifs is 1. The summed E-state index contributed by atoms with van der Waals surface area (Å²) in [5, 5.41) is 4.54. The predicted molar refractivity (Wildman–Crippen MR) is 103 cm³/mol. The molecule has 3 rings (SSSR count). The van der Waals surface area contributed by atoms with Crippen LogP contribution in [0.2, 0.25) is 0 Å². The van der Waals surface area contributed by atoms with Gasteiger partial charge in [-0.15, -0.1) is 11.3 Å². The molecule has 3 aromatic rings. The Bertz CT molecular complexity index is 944. The van der Waals surface area contributed by atoms with Gasteiger partial charge in [0.1, 0.15) is 0 Å². The van der Waals surface area contributed by atoms with Crippen LogP contribution in [0.25, 0.3) is 16.2 Å². The standard InChI is InChI=1S/C19H19NO2S2/c1-15(13-17-14-23-19-10-6-5-9-18(17)19)20-24(21,22)12-11-16-7-3-2-4-8-16/h2-12,14-15,20H,13H2,1H3/b12-11+. The van der Waals surface area contributed by atoms with Gasteiger partial charge in [0, 0.05) is 16.1 Å². The number of sulfonamides is 1. The van der Waals surface area contributed by atoms with Crippen molar-refractivity contribution in [2.45, 2.75) is 19.4 Å². The number of thiophene rings is 1. The molecule has 0 aliphatic heterocycles. The maximum atomic E-state index is 12.2. The van der Waals surface area contributed by atoms with Crippen LogP contribution in [0.15, 0.2) is 65.4 Å². The van der Waals surface area contributed by atoms with Gasteiger partial charge in [-0.1, -0.05) is 48.5 Å². The van der Waals surface area contributed by atoms with E-state index in [4.69, 9.17) is 0 Å². The first kappa shape index (κ1) is 16.9. The highest BCUT2D eigenvalue weighted by atomic mass is 32.2. The van der Waals surface area contributed by atoms with E-state index in [2.05, 4.69) is 22.2 Å². The number of benzene rings is 2. The average Bonchev–Trinajstić information content (AvgIpc) is 2.97. The summed E-state index contributed by atoms with van der Waals surface area (Å²) in [6.45, 7) is 1.89. The van der Waals surface area contributed by atoms with Crippen molar-refractivity contribution in [2.24, 2.45) is 0 Å². The Morgan fingerprint density at radius 1 is 1.08 bits per heavy atom. The maximum Gasteiger partial charge on any atom is 0.233 e. The Hall–Kier alpha value is -1.95. The lowest BCUT2D eigenvalue weighted by Gasteiger charge is -2.12. The molecule has 3 nitrogen and oxygen atoms in total. The first-order chi connectivity index (χ1) is 11.5. The SMILES string of the molecule is CC(Cc1csc2ccccc12)NS(=O)(=O)/C=C/c1ccccc1. The maximum absolute atomic E-state index is 12.2. The van der Waals surface area contributed by atoms with Gasteiger partial charge < -0.3 is 0 Å². The average molecular weight is 358 g/mol. The lowest BCUT2D eigenvalue weighted by Crippen LogP contribution is -2.32. The highest BCUT2D eigenvalue weighted by Crippen LogP contribution is 2.26. The van der Waals surface area contributed by atoms with E-state index < -0.39 is 10.0 Å². The molecular formula is C19H19NO2S2. The van der Waals surface area contributed by atoms with Gasteiger partial charge in [0.05, 0.1) is 0 Å². The van der Waals surface area contributed by atoms with Crippen molar-refractivity contribution in [1.29, 1.82) is 0 Å². The molecule has 0 bridgehead atoms. The molecule has 5 heteroatoms. The summed E-state index contributed by atoms with van der Waals surface area (Å²) in [5.41, 5.74) is 2.04. The third kappa shape index (κ3) is 4.32. The molecule has 0 saturated carbocycles. The number of hydrogen-bond donors (Lipinski definition) is 1. The summed E-state index contributed by atoms with van der Waals surface area (Å²) in [6.07, 6.45) is 2.28. The second-order valence-electron chi connectivity index (χ2n) is 5.74. The molecule has 0 radical (unpaired) electrons. The van der Waals surface area contributed by atoms with Gasteiger partial charge in [-0.05, 0) is 47.4 Å². The Kier molecular flexibility index (Phi) is 5.14. The van der Waals surface area contributed by atoms with Crippen LogP contribution in [0.4, 0.5) is 0 Å². The molecule has 1 aromatic heterocycles. The second-order valence-corrected chi connectivity index (χ2v) is 8.25. The van der Waals surface area contributed by atoms with Crippen molar-refractivity contribution >= 4 is 37.5 Å². The molecule has 0 aliphatic carbocycles. The predicted octanol–water partition coefficient (Wildman–Crippen LogP) is 4.42. The van der Waals surface area contributed by atoms with Crippen LogP contribution in [0, 0.1) is 0 Å². The van der Waals surface area contributed by atoms with Gasteiger partial charge in [-0.2, -0.15) is 0 Å². The molecule has 1 N–H and O–H groups in total. The lowest BCUT2D eigenvalue weighted by molar-refractivity contribution is 0.569. The second kappa shape index (κ2) is 7.30. The summed E-state index contributed by atoms with van der Waals surface area (Å²) in [7, 11) is -3.46. The van der Waals surface area contributed by atoms with Gasteiger partial charge in [0.25, 0.3) is 0 Å². The van der Waals surface area contributed by atoms with Crippen LogP contribution in [-0.2, 0) is 16.4 Å². The molecule has 1 atom stereocenters. The van der Waals surface area contributed by atoms with Crippen molar-refractivity contribution in [3.05, 3.63) is 76.5 Å². The van der Waals surface area contributed by atoms with E-state index in [1.807, 2.05) is 49.4 Å². The molecule has 1 unspecified atom stereocenters. The monoisotopic (exact) mass is 357 g/mol. The van der Waals surface area contributed by atoms with Gasteiger partial charge >= 0.3 is 0 Å². The van der Waals surface area contributed by atoms with Crippen LogP contribution in [0.5, 0.6) is 0 Å². The smallest absolute Gasteiger partial charge is 0.209 e. The minimum absolute atomic E-state index is 0.173. The van der Waals surface area contributed by atoms with E-state index in [0.29, 0.717) is 6.42 Å². The summed E-state index contributed by atoms with van der Waals surface area (Å²) in [5.74, 6) is 0. The van der Waals surface area contributed by atoms with Crippen LogP contribution >= 0.6 is 11.3 Å². The number of hydrogen-bond acceptors (Lipinski definition) is 3. The third-order valence-corrected chi connectivity index (χ3v) is 5.93. The van der Waals surface area contributed by atoms with Crippen molar-refractivity contribution < 1.29 is 8.42 Å². The minimum atomic E-state index is -3.46. The Morgan fingerprint density at radius 2 is 1.79 bits per heavy atom. The fourth-order valence-electron chi connectivity index (χ4n) is 2.61. The zero-order chi connectivity index (χ0) is 17.0. The first-order valence-corrected chi connectivity index (χ1v) is 10.2. The molecule has 1 heterocycles. The van der Waals surface area contributed by atoms with Crippen molar-refractivity contribution in [1.82, 2.24) is 4.72 Å². The fourth-order valence-corrected chi connectivity index (χ4v) is 4.65. The molecule has 2 aromatic carbocycles. The minimum Gasteiger partial charge on any atom is -0.209 e. The number of nitrogens with one attached hydrogen (secondary N) is 1. The van der Waals surface area contributed by atoms with Crippen molar-refractivity contribution in [3.63, 3.8) is 0 Å². The van der Waals surface area contributed by atoms with E-state index in [1.54, 1.807) is 17.4 Å². The zero-order valence-corrected chi connectivity index (χ0v) is 15.0. The first-order valence-electron chi connectivity index (χ1n) is 7.74. The Balaban J connectivity index is 1.67. The Labute approximate surface area is 146 Å². The molecule has 0 fully saturated rings. The number of rotatable bonds is 6. The quantitative estimate of drug-likeness (QED) is 0.710. The fraction of sp³-hybridized carbons (Fsp3) is 0.158. The van der Waals surface area contributed by atoms with Crippen LogP contribution in [-0.4, -0.2) is 14.5 Å². The van der Waals surface area contributed by atoms with E-state index in [9.17, 15) is 8.42 Å². The van der Waals surface area contributed by atoms with Crippen molar-refractivity contribution in [2.75, 3.05) is 0 Å². The topological polar surface area (TPSA) is 46.2 Å². The molecule has 0 saturated heterocycles. The summed E-state index contributed by atoms with van der Waals surface area (Å²) in [4.78, 5) is 0. The van der Waals surface area contributed by atoms with Crippen LogP contribution in [0.3, 0.4) is 0 Å². The van der Waals surface area contributed by atoms with E-state index in [0.717, 1.165) is 5.56 Å². The summed E-state index contributed by atoms with van der Waals surface area (Å²) in [6, 6.07) is 17.4. The summed E-state index contributed by atoms with van der Waals surface area (Å²) < 4.78 is 28.4. The van der Waals surface area contributed by atoms with E-state index >= 15 is 0 Å². The Morgan fingerprint density at radius 3 is 2.58 bits per heavy atom. The highest BCUT2D eigenvalue weighted by Gasteiger charge is 2.13. The molecule has 0 spiro atoms. The van der Waals surface area contributed by atoms with Crippen molar-refractivity contribution in [3.8, 4) is 0 Å². The van der Waals surface area contributed by atoms with Gasteiger partial charge in [-0.3, -0.25) is 0 Å². The lowest BCUT2D eigenvalue weighted by atomic mass is 10.1. The normalized spacial score (nSPS) is 13.5. The molecule has 24 heavy (non-hydrogen) atoms. The van der Waals surface area contributed by atoms with E-state index in [-0.39, 0.29) is 6.04 Å². The summed E-state index contributed by atoms with van der Waals surface area (Å²) >= 11 is 1.69. The van der Waals surface area contributed by atoms with Crippen LogP contribution < -0.4 is 4.72 Å². The van der Waals surface area contributed by atoms with Gasteiger partial charge in [-0.25, -0.2) is 13.1 Å². The molecule has 0 amide bonds.